The third-order valence-electron chi connectivity index (χ3n) is 2.90. The normalized spacial score (nSPS) is 15.3. The maximum Gasteiger partial charge on any atom is 0.0604 e. The summed E-state index contributed by atoms with van der Waals surface area (Å²) < 4.78 is 0. The van der Waals surface area contributed by atoms with E-state index in [0.717, 1.165) is 25.0 Å². The molecule has 0 aliphatic carbocycles. The molecule has 0 radical (unpaired) electrons. The van der Waals surface area contributed by atoms with Crippen LogP contribution in [0.1, 0.15) is 6.42 Å². The van der Waals surface area contributed by atoms with Gasteiger partial charge in [-0.15, -0.1) is 0 Å². The summed E-state index contributed by atoms with van der Waals surface area (Å²) in [6.45, 7) is 3.41. The van der Waals surface area contributed by atoms with Crippen molar-refractivity contribution in [2.45, 2.75) is 6.42 Å². The Bertz CT molecular complexity index is 327. The van der Waals surface area contributed by atoms with Crippen LogP contribution in [0.25, 0.3) is 0 Å². The van der Waals surface area contributed by atoms with Crippen molar-refractivity contribution in [1.82, 2.24) is 0 Å². The molecule has 0 spiro atoms. The van der Waals surface area contributed by atoms with Crippen LogP contribution in [-0.2, 0) is 0 Å². The zero-order chi connectivity index (χ0) is 10.7. The minimum atomic E-state index is 1.08. The van der Waals surface area contributed by atoms with E-state index in [1.807, 2.05) is 0 Å². The van der Waals surface area contributed by atoms with Gasteiger partial charge in [0.25, 0.3) is 0 Å². The van der Waals surface area contributed by atoms with Gasteiger partial charge in [0.2, 0.25) is 0 Å². The number of benzene rings is 1. The highest BCUT2D eigenvalue weighted by atomic mass is 79.9. The molecule has 0 fully saturated rings. The zero-order valence-electron chi connectivity index (χ0n) is 9.12. The number of likely N-dealkylation sites (N-methyl/N-ethyl adjacent to an activating group) is 1. The number of rotatable bonds is 3. The maximum atomic E-state index is 3.49. The number of para-hydroxylation sites is 2. The monoisotopic (exact) mass is 268 g/mol. The Morgan fingerprint density at radius 1 is 1.20 bits per heavy atom. The van der Waals surface area contributed by atoms with Gasteiger partial charge >= 0.3 is 0 Å². The molecule has 15 heavy (non-hydrogen) atoms. The van der Waals surface area contributed by atoms with Crippen molar-refractivity contribution in [3.05, 3.63) is 24.3 Å². The zero-order valence-corrected chi connectivity index (χ0v) is 10.7. The lowest BCUT2D eigenvalue weighted by Gasteiger charge is -2.37. The lowest BCUT2D eigenvalue weighted by molar-refractivity contribution is 0.723. The molecule has 0 bridgehead atoms. The topological polar surface area (TPSA) is 6.48 Å². The summed E-state index contributed by atoms with van der Waals surface area (Å²) in [5.74, 6) is 0. The Morgan fingerprint density at radius 3 is 2.67 bits per heavy atom. The number of halogens is 1. The first kappa shape index (κ1) is 10.8. The van der Waals surface area contributed by atoms with E-state index in [1.54, 1.807) is 0 Å². The number of anilines is 2. The summed E-state index contributed by atoms with van der Waals surface area (Å²) in [6, 6.07) is 8.66. The first-order valence-corrected chi connectivity index (χ1v) is 6.56. The average molecular weight is 269 g/mol. The molecule has 0 amide bonds. The van der Waals surface area contributed by atoms with Crippen molar-refractivity contribution < 1.29 is 0 Å². The van der Waals surface area contributed by atoms with Crippen molar-refractivity contribution >= 4 is 27.3 Å². The van der Waals surface area contributed by atoms with Gasteiger partial charge in [-0.2, -0.15) is 0 Å². The highest BCUT2D eigenvalue weighted by Gasteiger charge is 2.18. The summed E-state index contributed by atoms with van der Waals surface area (Å²) in [7, 11) is 2.17. The summed E-state index contributed by atoms with van der Waals surface area (Å²) in [5.41, 5.74) is 2.74. The van der Waals surface area contributed by atoms with Crippen LogP contribution in [0.5, 0.6) is 0 Å². The molecule has 1 aliphatic rings. The van der Waals surface area contributed by atoms with Crippen molar-refractivity contribution in [3.8, 4) is 0 Å². The Labute approximate surface area is 100 Å². The van der Waals surface area contributed by atoms with E-state index in [-0.39, 0.29) is 0 Å². The maximum absolute atomic E-state index is 3.49. The number of fused-ring (bicyclic) bond motifs is 1. The second-order valence-electron chi connectivity index (χ2n) is 3.94. The summed E-state index contributed by atoms with van der Waals surface area (Å²) in [5, 5.41) is 1.08. The van der Waals surface area contributed by atoms with E-state index in [9.17, 15) is 0 Å². The molecule has 1 aromatic carbocycles. The van der Waals surface area contributed by atoms with E-state index in [4.69, 9.17) is 0 Å². The SMILES string of the molecule is CN1CCN(CCCBr)c2ccccc21. The molecule has 0 aromatic heterocycles. The van der Waals surface area contributed by atoms with Gasteiger partial charge in [-0.3, -0.25) is 0 Å². The molecule has 3 heteroatoms. The second kappa shape index (κ2) is 4.88. The predicted octanol–water partition coefficient (Wildman–Crippen LogP) is 2.73. The molecule has 82 valence electrons. The van der Waals surface area contributed by atoms with Crippen LogP contribution in [0.4, 0.5) is 11.4 Å². The van der Waals surface area contributed by atoms with E-state index in [1.165, 1.54) is 17.8 Å². The van der Waals surface area contributed by atoms with E-state index >= 15 is 0 Å². The van der Waals surface area contributed by atoms with Gasteiger partial charge in [0, 0.05) is 32.0 Å². The molecule has 0 saturated heterocycles. The lowest BCUT2D eigenvalue weighted by atomic mass is 10.1. The fourth-order valence-electron chi connectivity index (χ4n) is 2.05. The second-order valence-corrected chi connectivity index (χ2v) is 4.73. The highest BCUT2D eigenvalue weighted by molar-refractivity contribution is 9.09. The molecule has 1 aliphatic heterocycles. The molecule has 0 atom stereocenters. The summed E-state index contributed by atoms with van der Waals surface area (Å²) >= 11 is 3.49. The van der Waals surface area contributed by atoms with Crippen molar-refractivity contribution in [3.63, 3.8) is 0 Å². The molecule has 0 saturated carbocycles. The molecule has 2 nitrogen and oxygen atoms in total. The molecular weight excluding hydrogens is 252 g/mol. The standard InChI is InChI=1S/C12H17BrN2/c1-14-9-10-15(8-4-7-13)12-6-3-2-5-11(12)14/h2-3,5-6H,4,7-10H2,1H3. The van der Waals surface area contributed by atoms with Crippen molar-refractivity contribution in [1.29, 1.82) is 0 Å². The molecular formula is C12H17BrN2. The molecule has 0 N–H and O–H groups in total. The molecule has 0 unspecified atom stereocenters. The van der Waals surface area contributed by atoms with Gasteiger partial charge in [-0.25, -0.2) is 0 Å². The Hall–Kier alpha value is -0.700. The van der Waals surface area contributed by atoms with E-state index in [2.05, 4.69) is 57.0 Å². The van der Waals surface area contributed by atoms with E-state index in [0.29, 0.717) is 0 Å². The molecule has 2 rings (SSSR count). The van der Waals surface area contributed by atoms with Crippen LogP contribution in [0.15, 0.2) is 24.3 Å². The van der Waals surface area contributed by atoms with Gasteiger partial charge in [0.05, 0.1) is 11.4 Å². The van der Waals surface area contributed by atoms with Crippen molar-refractivity contribution in [2.24, 2.45) is 0 Å². The predicted molar refractivity (Wildman–Crippen MR) is 70.3 cm³/mol. The molecule has 1 heterocycles. The average Bonchev–Trinajstić information content (AvgIpc) is 2.29. The van der Waals surface area contributed by atoms with E-state index < -0.39 is 0 Å². The number of hydrogen-bond donors (Lipinski definition) is 0. The number of alkyl halides is 1. The third-order valence-corrected chi connectivity index (χ3v) is 3.46. The Morgan fingerprint density at radius 2 is 1.93 bits per heavy atom. The fraction of sp³-hybridized carbons (Fsp3) is 0.500. The summed E-state index contributed by atoms with van der Waals surface area (Å²) in [4.78, 5) is 4.82. The first-order valence-electron chi connectivity index (χ1n) is 5.44. The minimum absolute atomic E-state index is 1.08. The van der Waals surface area contributed by atoms with Crippen LogP contribution < -0.4 is 9.80 Å². The van der Waals surface area contributed by atoms with Gasteiger partial charge in [0.1, 0.15) is 0 Å². The molecule has 1 aromatic rings. The van der Waals surface area contributed by atoms with Gasteiger partial charge in [-0.1, -0.05) is 28.1 Å². The Balaban J connectivity index is 2.20. The quantitative estimate of drug-likeness (QED) is 0.778. The van der Waals surface area contributed by atoms with Crippen LogP contribution in [0, 0.1) is 0 Å². The largest absolute Gasteiger partial charge is 0.371 e. The van der Waals surface area contributed by atoms with Crippen LogP contribution in [0.2, 0.25) is 0 Å². The Kier molecular flexibility index (Phi) is 3.52. The van der Waals surface area contributed by atoms with Crippen molar-refractivity contribution in [2.75, 3.05) is 41.8 Å². The third kappa shape index (κ3) is 2.28. The van der Waals surface area contributed by atoms with Crippen LogP contribution in [-0.4, -0.2) is 32.0 Å². The van der Waals surface area contributed by atoms with Gasteiger partial charge in [0.15, 0.2) is 0 Å². The van der Waals surface area contributed by atoms with Crippen LogP contribution in [0.3, 0.4) is 0 Å². The first-order chi connectivity index (χ1) is 7.33. The van der Waals surface area contributed by atoms with Gasteiger partial charge in [-0.05, 0) is 18.6 Å². The fourth-order valence-corrected chi connectivity index (χ4v) is 2.30. The van der Waals surface area contributed by atoms with Gasteiger partial charge < -0.3 is 9.80 Å². The minimum Gasteiger partial charge on any atom is -0.371 e. The number of nitrogens with zero attached hydrogens (tertiary/aromatic N) is 2. The van der Waals surface area contributed by atoms with Crippen LogP contribution >= 0.6 is 15.9 Å². The number of hydrogen-bond acceptors (Lipinski definition) is 2. The summed E-state index contributed by atoms with van der Waals surface area (Å²) in [6.07, 6.45) is 1.21. The lowest BCUT2D eigenvalue weighted by Crippen LogP contribution is -2.39. The smallest absolute Gasteiger partial charge is 0.0604 e. The highest BCUT2D eigenvalue weighted by Crippen LogP contribution is 2.31.